The molecule has 4 nitrogen and oxygen atoms in total. The molecule has 0 saturated carbocycles. The summed E-state index contributed by atoms with van der Waals surface area (Å²) in [7, 11) is 3.75. The molecule has 1 aliphatic rings. The average Bonchev–Trinajstić information content (AvgIpc) is 2.67. The Morgan fingerprint density at radius 1 is 1.60 bits per heavy atom. The van der Waals surface area contributed by atoms with Gasteiger partial charge in [0.1, 0.15) is 6.29 Å². The Kier molecular flexibility index (Phi) is 5.22. The lowest BCUT2D eigenvalue weighted by Gasteiger charge is -2.27. The fourth-order valence-electron chi connectivity index (χ4n) is 1.97. The Labute approximate surface area is 91.5 Å². The summed E-state index contributed by atoms with van der Waals surface area (Å²) in [5.41, 5.74) is -0.262. The van der Waals surface area contributed by atoms with Crippen molar-refractivity contribution >= 4 is 6.29 Å². The molecule has 0 N–H and O–H groups in total. The van der Waals surface area contributed by atoms with Crippen molar-refractivity contribution in [2.45, 2.75) is 12.8 Å². The van der Waals surface area contributed by atoms with Crippen LogP contribution in [0, 0.1) is 5.41 Å². The fraction of sp³-hybridized carbons (Fsp3) is 0.909. The van der Waals surface area contributed by atoms with Crippen LogP contribution < -0.4 is 0 Å². The van der Waals surface area contributed by atoms with Crippen LogP contribution in [-0.4, -0.2) is 58.3 Å². The van der Waals surface area contributed by atoms with Crippen molar-refractivity contribution in [3.05, 3.63) is 0 Å². The Hall–Kier alpha value is -0.450. The Bertz CT molecular complexity index is 190. The minimum absolute atomic E-state index is 0.262. The third-order valence-electron chi connectivity index (χ3n) is 2.86. The highest BCUT2D eigenvalue weighted by Gasteiger charge is 2.35. The molecule has 1 fully saturated rings. The molecule has 0 radical (unpaired) electrons. The van der Waals surface area contributed by atoms with Crippen molar-refractivity contribution in [2.75, 3.05) is 47.1 Å². The van der Waals surface area contributed by atoms with Gasteiger partial charge >= 0.3 is 0 Å². The molecule has 0 aliphatic carbocycles. The molecule has 1 heterocycles. The van der Waals surface area contributed by atoms with Crippen molar-refractivity contribution in [1.82, 2.24) is 4.90 Å². The second-order valence-corrected chi connectivity index (χ2v) is 4.37. The molecular weight excluding hydrogens is 194 g/mol. The maximum Gasteiger partial charge on any atom is 0.129 e. The smallest absolute Gasteiger partial charge is 0.129 e. The van der Waals surface area contributed by atoms with Gasteiger partial charge in [0.05, 0.1) is 12.0 Å². The number of nitrogens with zero attached hydrogens (tertiary/aromatic N) is 1. The molecule has 0 spiro atoms. The van der Waals surface area contributed by atoms with E-state index in [-0.39, 0.29) is 5.41 Å². The van der Waals surface area contributed by atoms with Crippen molar-refractivity contribution in [1.29, 1.82) is 0 Å². The molecule has 0 aromatic rings. The van der Waals surface area contributed by atoms with E-state index in [2.05, 4.69) is 4.90 Å². The molecule has 1 unspecified atom stereocenters. The predicted octanol–water partition coefficient (Wildman–Crippen LogP) is 0.560. The average molecular weight is 215 g/mol. The van der Waals surface area contributed by atoms with Gasteiger partial charge in [0.25, 0.3) is 0 Å². The number of hydrogen-bond acceptors (Lipinski definition) is 4. The summed E-state index contributed by atoms with van der Waals surface area (Å²) < 4.78 is 10.3. The summed E-state index contributed by atoms with van der Waals surface area (Å²) >= 11 is 0. The van der Waals surface area contributed by atoms with Gasteiger partial charge in [0.15, 0.2) is 0 Å². The molecule has 1 atom stereocenters. The maximum atomic E-state index is 11.1. The summed E-state index contributed by atoms with van der Waals surface area (Å²) in [6, 6.07) is 0. The zero-order chi connectivity index (χ0) is 11.1. The molecule has 0 bridgehead atoms. The Balaban J connectivity index is 2.28. The zero-order valence-corrected chi connectivity index (χ0v) is 9.70. The second kappa shape index (κ2) is 6.20. The maximum absolute atomic E-state index is 11.1. The van der Waals surface area contributed by atoms with Gasteiger partial charge < -0.3 is 19.2 Å². The first kappa shape index (κ1) is 12.6. The number of rotatable bonds is 7. The fourth-order valence-corrected chi connectivity index (χ4v) is 1.97. The highest BCUT2D eigenvalue weighted by atomic mass is 16.5. The van der Waals surface area contributed by atoms with E-state index in [0.717, 1.165) is 38.8 Å². The van der Waals surface area contributed by atoms with Crippen LogP contribution in [0.15, 0.2) is 0 Å². The second-order valence-electron chi connectivity index (χ2n) is 4.37. The van der Waals surface area contributed by atoms with Gasteiger partial charge in [-0.2, -0.15) is 0 Å². The molecule has 88 valence electrons. The van der Waals surface area contributed by atoms with E-state index < -0.39 is 0 Å². The van der Waals surface area contributed by atoms with Gasteiger partial charge in [-0.05, 0) is 19.9 Å². The third kappa shape index (κ3) is 3.89. The van der Waals surface area contributed by atoms with Crippen molar-refractivity contribution in [3.8, 4) is 0 Å². The lowest BCUT2D eigenvalue weighted by atomic mass is 9.89. The van der Waals surface area contributed by atoms with Crippen LogP contribution in [0.2, 0.25) is 0 Å². The zero-order valence-electron chi connectivity index (χ0n) is 9.70. The molecular formula is C11H21NO3. The summed E-state index contributed by atoms with van der Waals surface area (Å²) in [5.74, 6) is 0. The van der Waals surface area contributed by atoms with Crippen LogP contribution >= 0.6 is 0 Å². The highest BCUT2D eigenvalue weighted by molar-refractivity contribution is 5.60. The number of methoxy groups -OCH3 is 1. The topological polar surface area (TPSA) is 38.8 Å². The summed E-state index contributed by atoms with van der Waals surface area (Å²) in [6.45, 7) is 3.81. The van der Waals surface area contributed by atoms with Gasteiger partial charge in [-0.15, -0.1) is 0 Å². The molecule has 0 aromatic heterocycles. The number of carbonyl (C=O) groups excluding carboxylic acids is 1. The minimum atomic E-state index is -0.262. The van der Waals surface area contributed by atoms with E-state index in [1.807, 2.05) is 7.05 Å². The lowest BCUT2D eigenvalue weighted by molar-refractivity contribution is -0.117. The molecule has 15 heavy (non-hydrogen) atoms. The van der Waals surface area contributed by atoms with Crippen molar-refractivity contribution in [3.63, 3.8) is 0 Å². The van der Waals surface area contributed by atoms with Crippen LogP contribution in [0.5, 0.6) is 0 Å². The largest absolute Gasteiger partial charge is 0.385 e. The monoisotopic (exact) mass is 215 g/mol. The predicted molar refractivity (Wildman–Crippen MR) is 57.9 cm³/mol. The quantitative estimate of drug-likeness (QED) is 0.459. The van der Waals surface area contributed by atoms with Crippen molar-refractivity contribution < 1.29 is 14.3 Å². The number of carbonyl (C=O) groups is 1. The highest BCUT2D eigenvalue weighted by Crippen LogP contribution is 2.26. The van der Waals surface area contributed by atoms with Crippen LogP contribution in [0.4, 0.5) is 0 Å². The Morgan fingerprint density at radius 2 is 2.40 bits per heavy atom. The molecule has 0 amide bonds. The summed E-state index contributed by atoms with van der Waals surface area (Å²) in [6.07, 6.45) is 2.92. The molecule has 1 rings (SSSR count). The van der Waals surface area contributed by atoms with E-state index in [4.69, 9.17) is 9.47 Å². The normalized spacial score (nSPS) is 26.1. The number of ether oxygens (including phenoxy) is 2. The first-order valence-corrected chi connectivity index (χ1v) is 5.44. The third-order valence-corrected chi connectivity index (χ3v) is 2.86. The summed E-state index contributed by atoms with van der Waals surface area (Å²) in [4.78, 5) is 13.2. The molecule has 1 aliphatic heterocycles. The standard InChI is InChI=1S/C11H21NO3/c1-12(5-3-6-14-2)8-11(9-13)4-7-15-10-11/h9H,3-8,10H2,1-2H3. The van der Waals surface area contributed by atoms with Crippen LogP contribution in [0.1, 0.15) is 12.8 Å². The first-order valence-electron chi connectivity index (χ1n) is 5.44. The van der Waals surface area contributed by atoms with Crippen molar-refractivity contribution in [2.24, 2.45) is 5.41 Å². The molecule has 0 aromatic carbocycles. The van der Waals surface area contributed by atoms with Crippen LogP contribution in [0.3, 0.4) is 0 Å². The SMILES string of the molecule is COCCCN(C)CC1(C=O)CCOC1. The first-order chi connectivity index (χ1) is 7.22. The van der Waals surface area contributed by atoms with E-state index in [1.165, 1.54) is 0 Å². The van der Waals surface area contributed by atoms with E-state index in [9.17, 15) is 4.79 Å². The number of aldehydes is 1. The Morgan fingerprint density at radius 3 is 2.93 bits per heavy atom. The molecule has 4 heteroatoms. The molecule has 1 saturated heterocycles. The van der Waals surface area contributed by atoms with E-state index in [1.54, 1.807) is 7.11 Å². The van der Waals surface area contributed by atoms with Gasteiger partial charge in [-0.25, -0.2) is 0 Å². The van der Waals surface area contributed by atoms with Gasteiger partial charge in [0, 0.05) is 33.4 Å². The van der Waals surface area contributed by atoms with Crippen LogP contribution in [0.25, 0.3) is 0 Å². The lowest BCUT2D eigenvalue weighted by Crippen LogP contribution is -2.38. The number of hydrogen-bond donors (Lipinski definition) is 0. The van der Waals surface area contributed by atoms with Gasteiger partial charge in [0.2, 0.25) is 0 Å². The van der Waals surface area contributed by atoms with Gasteiger partial charge in [-0.3, -0.25) is 0 Å². The van der Waals surface area contributed by atoms with Gasteiger partial charge in [-0.1, -0.05) is 0 Å². The summed E-state index contributed by atoms with van der Waals surface area (Å²) in [5, 5.41) is 0. The minimum Gasteiger partial charge on any atom is -0.385 e. The van der Waals surface area contributed by atoms with E-state index >= 15 is 0 Å². The van der Waals surface area contributed by atoms with E-state index in [0.29, 0.717) is 13.2 Å². The van der Waals surface area contributed by atoms with Crippen LogP contribution in [-0.2, 0) is 14.3 Å².